The van der Waals surface area contributed by atoms with Crippen molar-refractivity contribution >= 4 is 35.0 Å². The predicted octanol–water partition coefficient (Wildman–Crippen LogP) is 2.58. The fraction of sp³-hybridized carbons (Fsp3) is 0.185. The maximum absolute atomic E-state index is 13.6. The zero-order valence-electron chi connectivity index (χ0n) is 19.0. The first kappa shape index (κ1) is 22.5. The third kappa shape index (κ3) is 3.98. The van der Waals surface area contributed by atoms with Gasteiger partial charge in [0.15, 0.2) is 0 Å². The molecular formula is C27H24N4O4. The average molecular weight is 469 g/mol. The van der Waals surface area contributed by atoms with Crippen molar-refractivity contribution in [1.29, 1.82) is 0 Å². The second-order valence-corrected chi connectivity index (χ2v) is 8.55. The Hall–Kier alpha value is -4.30. The number of fused-ring (bicyclic) bond motifs is 2. The lowest BCUT2D eigenvalue weighted by Crippen LogP contribution is -2.50. The molecule has 0 radical (unpaired) electrons. The van der Waals surface area contributed by atoms with Gasteiger partial charge in [-0.15, -0.1) is 0 Å². The lowest BCUT2D eigenvalue weighted by molar-refractivity contribution is -0.120. The van der Waals surface area contributed by atoms with E-state index >= 15 is 0 Å². The number of imide groups is 1. The van der Waals surface area contributed by atoms with Crippen LogP contribution in [-0.2, 0) is 16.1 Å². The molecule has 4 amide bonds. The van der Waals surface area contributed by atoms with Crippen LogP contribution in [0.4, 0.5) is 11.4 Å². The van der Waals surface area contributed by atoms with E-state index in [1.165, 1.54) is 4.90 Å². The van der Waals surface area contributed by atoms with Crippen LogP contribution in [0.2, 0.25) is 0 Å². The number of nitrogens with zero attached hydrogens (tertiary/aromatic N) is 3. The molecular weight excluding hydrogens is 444 g/mol. The van der Waals surface area contributed by atoms with Crippen LogP contribution in [0.3, 0.4) is 0 Å². The zero-order valence-corrected chi connectivity index (χ0v) is 19.0. The summed E-state index contributed by atoms with van der Waals surface area (Å²) in [5.41, 5.74) is 8.64. The van der Waals surface area contributed by atoms with Crippen LogP contribution in [0.25, 0.3) is 0 Å². The quantitative estimate of drug-likeness (QED) is 0.580. The van der Waals surface area contributed by atoms with Gasteiger partial charge in [-0.1, -0.05) is 54.6 Å². The van der Waals surface area contributed by atoms with Gasteiger partial charge in [-0.25, -0.2) is 0 Å². The van der Waals surface area contributed by atoms with Crippen LogP contribution >= 0.6 is 0 Å². The van der Waals surface area contributed by atoms with Crippen molar-refractivity contribution in [3.63, 3.8) is 0 Å². The molecule has 35 heavy (non-hydrogen) atoms. The van der Waals surface area contributed by atoms with Crippen LogP contribution in [0.15, 0.2) is 78.9 Å². The predicted molar refractivity (Wildman–Crippen MR) is 131 cm³/mol. The summed E-state index contributed by atoms with van der Waals surface area (Å²) in [6.45, 7) is -0.0500. The van der Waals surface area contributed by atoms with E-state index in [0.717, 1.165) is 10.5 Å². The Kier molecular flexibility index (Phi) is 5.88. The van der Waals surface area contributed by atoms with Crippen molar-refractivity contribution in [1.82, 2.24) is 4.90 Å². The lowest BCUT2D eigenvalue weighted by atomic mass is 10.1. The molecule has 0 saturated carbocycles. The van der Waals surface area contributed by atoms with Gasteiger partial charge < -0.3 is 15.5 Å². The first-order valence-electron chi connectivity index (χ1n) is 11.4. The molecule has 1 atom stereocenters. The maximum atomic E-state index is 13.6. The Morgan fingerprint density at radius 2 is 1.34 bits per heavy atom. The molecule has 0 aromatic heterocycles. The minimum Gasteiger partial charge on any atom is -0.328 e. The number of hydrogen-bond acceptors (Lipinski definition) is 5. The second-order valence-electron chi connectivity index (χ2n) is 8.55. The van der Waals surface area contributed by atoms with E-state index in [1.54, 1.807) is 53.4 Å². The number of benzene rings is 3. The number of para-hydroxylation sites is 2. The van der Waals surface area contributed by atoms with Crippen LogP contribution in [0, 0.1) is 0 Å². The molecule has 3 aromatic rings. The Balaban J connectivity index is 1.49. The molecule has 1 unspecified atom stereocenters. The highest BCUT2D eigenvalue weighted by Gasteiger charge is 2.40. The first-order valence-corrected chi connectivity index (χ1v) is 11.4. The van der Waals surface area contributed by atoms with Crippen molar-refractivity contribution < 1.29 is 19.2 Å². The fourth-order valence-electron chi connectivity index (χ4n) is 4.69. The summed E-state index contributed by atoms with van der Waals surface area (Å²) in [6, 6.07) is 22.6. The summed E-state index contributed by atoms with van der Waals surface area (Å²) in [6.07, 6.45) is 0.0197. The SMILES string of the molecule is NCC1CC(=O)N(Cc2ccccc2)c2ccccc2N1C(=O)CN1C(=O)c2ccccc2C1=O. The number of carbonyl (C=O) groups is 4. The van der Waals surface area contributed by atoms with E-state index in [4.69, 9.17) is 5.73 Å². The Bertz CT molecular complexity index is 1290. The number of carbonyl (C=O) groups excluding carboxylic acids is 4. The third-order valence-corrected chi connectivity index (χ3v) is 6.40. The fourth-order valence-corrected chi connectivity index (χ4v) is 4.69. The van der Waals surface area contributed by atoms with Gasteiger partial charge in [-0.3, -0.25) is 24.1 Å². The van der Waals surface area contributed by atoms with Crippen molar-refractivity contribution in [3.05, 3.63) is 95.6 Å². The summed E-state index contributed by atoms with van der Waals surface area (Å²) in [5, 5.41) is 0. The normalized spacial score (nSPS) is 17.3. The molecule has 0 bridgehead atoms. The second kappa shape index (κ2) is 9.15. The molecule has 2 aliphatic heterocycles. The minimum absolute atomic E-state index is 0.0197. The van der Waals surface area contributed by atoms with Gasteiger partial charge in [-0.05, 0) is 29.8 Å². The van der Waals surface area contributed by atoms with E-state index in [9.17, 15) is 19.2 Å². The van der Waals surface area contributed by atoms with Gasteiger partial charge in [0.05, 0.1) is 35.1 Å². The first-order chi connectivity index (χ1) is 17.0. The topological polar surface area (TPSA) is 104 Å². The summed E-state index contributed by atoms with van der Waals surface area (Å²) in [5.74, 6) is -1.65. The molecule has 0 aliphatic carbocycles. The molecule has 2 N–H and O–H groups in total. The number of amides is 4. The molecule has 176 valence electrons. The van der Waals surface area contributed by atoms with Crippen LogP contribution in [0.5, 0.6) is 0 Å². The van der Waals surface area contributed by atoms with E-state index < -0.39 is 30.3 Å². The van der Waals surface area contributed by atoms with Crippen LogP contribution in [0.1, 0.15) is 32.7 Å². The average Bonchev–Trinajstić information content (AvgIpc) is 3.05. The largest absolute Gasteiger partial charge is 0.328 e. The van der Waals surface area contributed by atoms with Crippen molar-refractivity contribution in [2.24, 2.45) is 5.73 Å². The molecule has 2 heterocycles. The summed E-state index contributed by atoms with van der Waals surface area (Å²) >= 11 is 0. The number of rotatable bonds is 5. The van der Waals surface area contributed by atoms with Crippen LogP contribution < -0.4 is 15.5 Å². The van der Waals surface area contributed by atoms with Gasteiger partial charge in [0, 0.05) is 13.0 Å². The van der Waals surface area contributed by atoms with Gasteiger partial charge in [0.25, 0.3) is 11.8 Å². The maximum Gasteiger partial charge on any atom is 0.262 e. The van der Waals surface area contributed by atoms with Gasteiger partial charge >= 0.3 is 0 Å². The zero-order chi connectivity index (χ0) is 24.5. The standard InChI is InChI=1S/C27H24N4O4/c28-15-19-14-24(32)29(16-18-8-2-1-3-9-18)22-12-6-7-13-23(22)31(19)25(33)17-30-26(34)20-10-4-5-11-21(20)27(30)35/h1-13,19H,14-17,28H2. The molecule has 0 spiro atoms. The van der Waals surface area contributed by atoms with E-state index in [-0.39, 0.29) is 30.0 Å². The summed E-state index contributed by atoms with van der Waals surface area (Å²) in [7, 11) is 0. The number of nitrogens with two attached hydrogens (primary N) is 1. The van der Waals surface area contributed by atoms with E-state index in [0.29, 0.717) is 17.9 Å². The molecule has 5 rings (SSSR count). The van der Waals surface area contributed by atoms with Gasteiger partial charge in [-0.2, -0.15) is 0 Å². The summed E-state index contributed by atoms with van der Waals surface area (Å²) in [4.78, 5) is 56.8. The minimum atomic E-state index is -0.618. The van der Waals surface area contributed by atoms with E-state index in [1.807, 2.05) is 30.3 Å². The molecule has 8 heteroatoms. The highest BCUT2D eigenvalue weighted by molar-refractivity contribution is 6.23. The molecule has 2 aliphatic rings. The molecule has 3 aromatic carbocycles. The van der Waals surface area contributed by atoms with Crippen LogP contribution in [-0.4, -0.2) is 47.7 Å². The van der Waals surface area contributed by atoms with Crippen molar-refractivity contribution in [2.75, 3.05) is 22.9 Å². The Morgan fingerprint density at radius 1 is 0.771 bits per heavy atom. The highest BCUT2D eigenvalue weighted by Crippen LogP contribution is 2.36. The van der Waals surface area contributed by atoms with E-state index in [2.05, 4.69) is 0 Å². The highest BCUT2D eigenvalue weighted by atomic mass is 16.2. The van der Waals surface area contributed by atoms with Gasteiger partial charge in [0.2, 0.25) is 11.8 Å². The molecule has 0 fully saturated rings. The smallest absolute Gasteiger partial charge is 0.262 e. The number of anilines is 2. The van der Waals surface area contributed by atoms with Crippen molar-refractivity contribution in [3.8, 4) is 0 Å². The lowest BCUT2D eigenvalue weighted by Gasteiger charge is -2.31. The third-order valence-electron chi connectivity index (χ3n) is 6.40. The monoisotopic (exact) mass is 468 g/mol. The Morgan fingerprint density at radius 3 is 1.97 bits per heavy atom. The van der Waals surface area contributed by atoms with Crippen molar-refractivity contribution in [2.45, 2.75) is 19.0 Å². The van der Waals surface area contributed by atoms with Gasteiger partial charge in [0.1, 0.15) is 6.54 Å². The Labute approximate surface area is 202 Å². The molecule has 8 nitrogen and oxygen atoms in total. The number of hydrogen-bond donors (Lipinski definition) is 1. The molecule has 0 saturated heterocycles. The summed E-state index contributed by atoms with van der Waals surface area (Å²) < 4.78 is 0.